The van der Waals surface area contributed by atoms with Gasteiger partial charge in [0.1, 0.15) is 6.04 Å². The lowest BCUT2D eigenvalue weighted by Gasteiger charge is -2.38. The van der Waals surface area contributed by atoms with Crippen LogP contribution in [0.1, 0.15) is 20.8 Å². The summed E-state index contributed by atoms with van der Waals surface area (Å²) in [5, 5.41) is 3.44. The van der Waals surface area contributed by atoms with Crippen LogP contribution >= 0.6 is 0 Å². The smallest absolute Gasteiger partial charge is 0.305 e. The monoisotopic (exact) mass is 301 g/mol. The number of azide groups is 1. The first-order valence-corrected chi connectivity index (χ1v) is 6.02. The van der Waals surface area contributed by atoms with Gasteiger partial charge in [0.15, 0.2) is 6.10 Å². The molecule has 0 aliphatic carbocycles. The Morgan fingerprint density at radius 3 is 2.05 bits per heavy atom. The van der Waals surface area contributed by atoms with Gasteiger partial charge in [-0.05, 0) is 5.53 Å². The van der Waals surface area contributed by atoms with Gasteiger partial charge in [0, 0.05) is 25.7 Å². The van der Waals surface area contributed by atoms with Crippen LogP contribution in [0.15, 0.2) is 5.11 Å². The summed E-state index contributed by atoms with van der Waals surface area (Å²) in [7, 11) is 0. The molecule has 0 saturated carbocycles. The first-order valence-electron chi connectivity index (χ1n) is 6.02. The summed E-state index contributed by atoms with van der Waals surface area (Å²) in [4.78, 5) is 36.0. The summed E-state index contributed by atoms with van der Waals surface area (Å²) in [6, 6.07) is -0.907. The molecule has 0 aromatic carbocycles. The zero-order valence-corrected chi connectivity index (χ0v) is 11.7. The van der Waals surface area contributed by atoms with Crippen molar-refractivity contribution >= 4 is 17.9 Å². The molecule has 1 heterocycles. The van der Waals surface area contributed by atoms with Crippen LogP contribution in [0.5, 0.6) is 0 Å². The average Bonchev–Trinajstić information content (AvgIpc) is 2.35. The van der Waals surface area contributed by atoms with Crippen LogP contribution in [0.3, 0.4) is 0 Å². The van der Waals surface area contributed by atoms with E-state index in [1.54, 1.807) is 0 Å². The van der Waals surface area contributed by atoms with Crippen LogP contribution in [0.2, 0.25) is 0 Å². The molecule has 116 valence electrons. The Bertz CT molecular complexity index is 474. The molecule has 21 heavy (non-hydrogen) atoms. The Kier molecular flexibility index (Phi) is 5.94. The second-order valence-corrected chi connectivity index (χ2v) is 4.23. The summed E-state index contributed by atoms with van der Waals surface area (Å²) in [5.41, 5.74) is 8.52. The summed E-state index contributed by atoms with van der Waals surface area (Å²) >= 11 is 0. The van der Waals surface area contributed by atoms with Gasteiger partial charge < -0.3 is 18.9 Å². The van der Waals surface area contributed by atoms with E-state index in [1.807, 2.05) is 0 Å². The highest BCUT2D eigenvalue weighted by Gasteiger charge is 2.46. The normalized spacial score (nSPS) is 28.0. The fourth-order valence-electron chi connectivity index (χ4n) is 1.84. The lowest BCUT2D eigenvalue weighted by molar-refractivity contribution is -0.252. The molecular weight excluding hydrogens is 286 g/mol. The van der Waals surface area contributed by atoms with Gasteiger partial charge in [-0.3, -0.25) is 14.4 Å². The van der Waals surface area contributed by atoms with Crippen LogP contribution in [0.4, 0.5) is 0 Å². The van der Waals surface area contributed by atoms with Crippen molar-refractivity contribution in [3.63, 3.8) is 0 Å². The number of carbonyl (C=O) groups is 3. The van der Waals surface area contributed by atoms with Crippen molar-refractivity contribution in [2.75, 3.05) is 6.61 Å². The van der Waals surface area contributed by atoms with Gasteiger partial charge in [0.2, 0.25) is 12.4 Å². The Labute approximate surface area is 119 Å². The van der Waals surface area contributed by atoms with Crippen LogP contribution in [0.25, 0.3) is 10.4 Å². The standard InChI is InChI=1S/C11H15N3O7/c1-5(15)19-9-8(13-14-12)4-18-11(21-7(3)17)10(9)20-6(2)16/h8-11H,4H2,1-3H3/t8?,9-,10+,11?/m0/s1. The minimum Gasteiger partial charge on any atom is -0.458 e. The first kappa shape index (κ1) is 16.7. The summed E-state index contributed by atoms with van der Waals surface area (Å²) < 4.78 is 20.1. The quantitative estimate of drug-likeness (QED) is 0.241. The Hall–Kier alpha value is -2.32. The van der Waals surface area contributed by atoms with E-state index in [0.29, 0.717) is 0 Å². The third kappa shape index (κ3) is 4.93. The van der Waals surface area contributed by atoms with Crippen LogP contribution < -0.4 is 0 Å². The van der Waals surface area contributed by atoms with Crippen molar-refractivity contribution in [2.24, 2.45) is 5.11 Å². The molecule has 0 spiro atoms. The summed E-state index contributed by atoms with van der Waals surface area (Å²) in [6.45, 7) is 3.27. The van der Waals surface area contributed by atoms with E-state index >= 15 is 0 Å². The number of hydrogen-bond donors (Lipinski definition) is 0. The topological polar surface area (TPSA) is 137 Å². The predicted octanol–water partition coefficient (Wildman–Crippen LogP) is 0.448. The van der Waals surface area contributed by atoms with Gasteiger partial charge in [-0.15, -0.1) is 0 Å². The number of ether oxygens (including phenoxy) is 4. The number of nitrogens with zero attached hydrogens (tertiary/aromatic N) is 3. The molecule has 0 aromatic heterocycles. The molecule has 10 nitrogen and oxygen atoms in total. The molecule has 0 bridgehead atoms. The summed E-state index contributed by atoms with van der Waals surface area (Å²) in [6.07, 6.45) is -3.58. The lowest BCUT2D eigenvalue weighted by atomic mass is 10.0. The van der Waals surface area contributed by atoms with Gasteiger partial charge in [-0.1, -0.05) is 5.11 Å². The number of rotatable bonds is 4. The Morgan fingerprint density at radius 2 is 1.57 bits per heavy atom. The molecule has 10 heteroatoms. The average molecular weight is 301 g/mol. The molecule has 1 rings (SSSR count). The van der Waals surface area contributed by atoms with Gasteiger partial charge in [-0.25, -0.2) is 0 Å². The van der Waals surface area contributed by atoms with Crippen LogP contribution in [-0.4, -0.2) is 49.1 Å². The highest BCUT2D eigenvalue weighted by molar-refractivity contribution is 5.68. The second-order valence-electron chi connectivity index (χ2n) is 4.23. The van der Waals surface area contributed by atoms with E-state index in [2.05, 4.69) is 10.0 Å². The van der Waals surface area contributed by atoms with Crippen molar-refractivity contribution in [1.29, 1.82) is 0 Å². The molecule has 2 unspecified atom stereocenters. The van der Waals surface area contributed by atoms with Crippen LogP contribution in [0, 0.1) is 0 Å². The third-order valence-electron chi connectivity index (χ3n) is 2.49. The molecule has 0 aromatic rings. The van der Waals surface area contributed by atoms with E-state index in [4.69, 9.17) is 24.5 Å². The zero-order valence-electron chi connectivity index (χ0n) is 11.7. The number of carbonyl (C=O) groups excluding carboxylic acids is 3. The molecule has 1 aliphatic rings. The maximum Gasteiger partial charge on any atom is 0.305 e. The van der Waals surface area contributed by atoms with E-state index in [0.717, 1.165) is 20.8 Å². The van der Waals surface area contributed by atoms with E-state index in [9.17, 15) is 14.4 Å². The highest BCUT2D eigenvalue weighted by Crippen LogP contribution is 2.25. The van der Waals surface area contributed by atoms with Crippen molar-refractivity contribution in [3.05, 3.63) is 10.4 Å². The molecule has 0 radical (unpaired) electrons. The molecule has 1 aliphatic heterocycles. The Morgan fingerprint density at radius 1 is 1.05 bits per heavy atom. The minimum absolute atomic E-state index is 0.155. The molecular formula is C11H15N3O7. The molecule has 0 amide bonds. The van der Waals surface area contributed by atoms with Gasteiger partial charge in [0.25, 0.3) is 0 Å². The van der Waals surface area contributed by atoms with E-state index in [1.165, 1.54) is 0 Å². The van der Waals surface area contributed by atoms with Gasteiger partial charge in [0.05, 0.1) is 6.61 Å². The first-order chi connectivity index (χ1) is 9.85. The SMILES string of the molecule is CC(=O)OC1OCC(N=[N+]=[N-])[C@H](OC(C)=O)[C@H]1OC(C)=O. The van der Waals surface area contributed by atoms with Gasteiger partial charge in [-0.2, -0.15) is 0 Å². The predicted molar refractivity (Wildman–Crippen MR) is 65.5 cm³/mol. The maximum absolute atomic E-state index is 11.2. The van der Waals surface area contributed by atoms with Crippen LogP contribution in [-0.2, 0) is 33.3 Å². The fraction of sp³-hybridized carbons (Fsp3) is 0.727. The molecule has 1 fully saturated rings. The minimum atomic E-state index is -1.25. The maximum atomic E-state index is 11.2. The van der Waals surface area contributed by atoms with Crippen molar-refractivity contribution in [3.8, 4) is 0 Å². The zero-order chi connectivity index (χ0) is 16.0. The summed E-state index contributed by atoms with van der Waals surface area (Å²) in [5.74, 6) is -2.03. The lowest BCUT2D eigenvalue weighted by Crippen LogP contribution is -2.56. The van der Waals surface area contributed by atoms with Gasteiger partial charge >= 0.3 is 17.9 Å². The van der Waals surface area contributed by atoms with E-state index in [-0.39, 0.29) is 6.61 Å². The molecule has 4 atom stereocenters. The molecule has 1 saturated heterocycles. The van der Waals surface area contributed by atoms with E-state index < -0.39 is 42.4 Å². The fourth-order valence-corrected chi connectivity index (χ4v) is 1.84. The number of hydrogen-bond acceptors (Lipinski definition) is 8. The Balaban J connectivity index is 3.05. The van der Waals surface area contributed by atoms with Crippen molar-refractivity contribution in [1.82, 2.24) is 0 Å². The second kappa shape index (κ2) is 7.46. The number of esters is 3. The van der Waals surface area contributed by atoms with Crippen molar-refractivity contribution < 1.29 is 33.3 Å². The van der Waals surface area contributed by atoms with Crippen molar-refractivity contribution in [2.45, 2.75) is 45.3 Å². The third-order valence-corrected chi connectivity index (χ3v) is 2.49. The largest absolute Gasteiger partial charge is 0.458 e. The molecule has 0 N–H and O–H groups in total. The highest BCUT2D eigenvalue weighted by atomic mass is 16.7.